The Kier molecular flexibility index (Phi) is 7.69. The van der Waals surface area contributed by atoms with Crippen molar-refractivity contribution in [1.82, 2.24) is 5.32 Å². The van der Waals surface area contributed by atoms with E-state index in [1.807, 2.05) is 49.4 Å². The standard InChI is InChI=1S/C25H26N2O2S/c1-18-9-8-10-20(15-18)16-30-17-24(28)27-23-14-7-6-13-22(23)25(29)26-19(2)21-11-4-3-5-12-21/h3-15,19H,16-17H2,1-2H3,(H,26,29)(H,27,28)/t19-/m1/s1. The lowest BCUT2D eigenvalue weighted by Crippen LogP contribution is -2.28. The van der Waals surface area contributed by atoms with Gasteiger partial charge in [0.15, 0.2) is 0 Å². The molecule has 5 heteroatoms. The Hall–Kier alpha value is -3.05. The second kappa shape index (κ2) is 10.6. The first-order valence-electron chi connectivity index (χ1n) is 9.91. The summed E-state index contributed by atoms with van der Waals surface area (Å²) < 4.78 is 0. The van der Waals surface area contributed by atoms with Gasteiger partial charge in [-0.1, -0.05) is 72.3 Å². The zero-order chi connectivity index (χ0) is 21.3. The molecule has 0 saturated carbocycles. The van der Waals surface area contributed by atoms with Crippen LogP contribution in [0.5, 0.6) is 0 Å². The molecule has 0 fully saturated rings. The molecule has 0 unspecified atom stereocenters. The number of thioether (sulfide) groups is 1. The van der Waals surface area contributed by atoms with Crippen LogP contribution in [0.15, 0.2) is 78.9 Å². The smallest absolute Gasteiger partial charge is 0.253 e. The zero-order valence-corrected chi connectivity index (χ0v) is 18.0. The van der Waals surface area contributed by atoms with Gasteiger partial charge in [0.05, 0.1) is 23.0 Å². The van der Waals surface area contributed by atoms with Crippen LogP contribution in [0.1, 0.15) is 40.0 Å². The molecule has 0 aromatic heterocycles. The van der Waals surface area contributed by atoms with Crippen LogP contribution < -0.4 is 10.6 Å². The third-order valence-electron chi connectivity index (χ3n) is 4.68. The Labute approximate surface area is 182 Å². The third-order valence-corrected chi connectivity index (χ3v) is 5.68. The topological polar surface area (TPSA) is 58.2 Å². The minimum atomic E-state index is -0.213. The first-order chi connectivity index (χ1) is 14.5. The van der Waals surface area contributed by atoms with Crippen LogP contribution in [-0.2, 0) is 10.5 Å². The Morgan fingerprint density at radius 3 is 2.43 bits per heavy atom. The van der Waals surface area contributed by atoms with Crippen molar-refractivity contribution in [3.63, 3.8) is 0 Å². The van der Waals surface area contributed by atoms with Gasteiger partial charge in [-0.05, 0) is 37.1 Å². The van der Waals surface area contributed by atoms with E-state index in [1.165, 1.54) is 11.1 Å². The molecule has 0 aliphatic carbocycles. The van der Waals surface area contributed by atoms with E-state index in [2.05, 4.69) is 35.8 Å². The molecule has 30 heavy (non-hydrogen) atoms. The van der Waals surface area contributed by atoms with Crippen molar-refractivity contribution in [3.8, 4) is 0 Å². The molecule has 3 aromatic carbocycles. The van der Waals surface area contributed by atoms with Gasteiger partial charge < -0.3 is 10.6 Å². The van der Waals surface area contributed by atoms with Crippen LogP contribution in [0.25, 0.3) is 0 Å². The number of hydrogen-bond donors (Lipinski definition) is 2. The highest BCUT2D eigenvalue weighted by atomic mass is 32.2. The number of anilines is 1. The number of aryl methyl sites for hydroxylation is 1. The Morgan fingerprint density at radius 1 is 0.933 bits per heavy atom. The van der Waals surface area contributed by atoms with Crippen molar-refractivity contribution < 1.29 is 9.59 Å². The summed E-state index contributed by atoms with van der Waals surface area (Å²) in [4.78, 5) is 25.2. The molecule has 4 nitrogen and oxygen atoms in total. The number of amides is 2. The van der Waals surface area contributed by atoms with Crippen molar-refractivity contribution in [2.45, 2.75) is 25.6 Å². The molecular formula is C25H26N2O2S. The van der Waals surface area contributed by atoms with Gasteiger partial charge in [0, 0.05) is 5.75 Å². The maximum atomic E-state index is 12.8. The average molecular weight is 419 g/mol. The predicted octanol–water partition coefficient (Wildman–Crippen LogP) is 5.36. The second-order valence-electron chi connectivity index (χ2n) is 7.18. The van der Waals surface area contributed by atoms with Gasteiger partial charge in [-0.15, -0.1) is 11.8 Å². The van der Waals surface area contributed by atoms with Gasteiger partial charge in [0.25, 0.3) is 5.91 Å². The Bertz CT molecular complexity index is 1000. The Balaban J connectivity index is 1.57. The lowest BCUT2D eigenvalue weighted by atomic mass is 10.1. The lowest BCUT2D eigenvalue weighted by molar-refractivity contribution is -0.113. The molecule has 0 spiro atoms. The van der Waals surface area contributed by atoms with Gasteiger partial charge in [-0.3, -0.25) is 9.59 Å². The number of carbonyl (C=O) groups is 2. The molecule has 0 aliphatic rings. The summed E-state index contributed by atoms with van der Waals surface area (Å²) in [6, 6.07) is 25.0. The number of para-hydroxylation sites is 1. The van der Waals surface area contributed by atoms with Crippen LogP contribution in [0, 0.1) is 6.92 Å². The van der Waals surface area contributed by atoms with Crippen LogP contribution >= 0.6 is 11.8 Å². The number of rotatable bonds is 8. The zero-order valence-electron chi connectivity index (χ0n) is 17.2. The van der Waals surface area contributed by atoms with Crippen molar-refractivity contribution in [2.75, 3.05) is 11.1 Å². The summed E-state index contributed by atoms with van der Waals surface area (Å²) >= 11 is 1.55. The van der Waals surface area contributed by atoms with E-state index in [0.29, 0.717) is 17.0 Å². The third kappa shape index (κ3) is 6.22. The van der Waals surface area contributed by atoms with Gasteiger partial charge >= 0.3 is 0 Å². The molecule has 0 radical (unpaired) electrons. The van der Waals surface area contributed by atoms with Crippen molar-refractivity contribution >= 4 is 29.3 Å². The molecular weight excluding hydrogens is 392 g/mol. The van der Waals surface area contributed by atoms with E-state index in [0.717, 1.165) is 11.3 Å². The van der Waals surface area contributed by atoms with Crippen molar-refractivity contribution in [1.29, 1.82) is 0 Å². The van der Waals surface area contributed by atoms with E-state index >= 15 is 0 Å². The van der Waals surface area contributed by atoms with Gasteiger partial charge in [-0.25, -0.2) is 0 Å². The van der Waals surface area contributed by atoms with Crippen LogP contribution in [0.4, 0.5) is 5.69 Å². The molecule has 2 N–H and O–H groups in total. The molecule has 0 bridgehead atoms. The van der Waals surface area contributed by atoms with E-state index in [1.54, 1.807) is 30.0 Å². The summed E-state index contributed by atoms with van der Waals surface area (Å²) in [5, 5.41) is 5.88. The lowest BCUT2D eigenvalue weighted by Gasteiger charge is -2.16. The molecule has 1 atom stereocenters. The second-order valence-corrected chi connectivity index (χ2v) is 8.17. The molecule has 3 aromatic rings. The van der Waals surface area contributed by atoms with Gasteiger partial charge in [0.2, 0.25) is 5.91 Å². The van der Waals surface area contributed by atoms with E-state index in [4.69, 9.17) is 0 Å². The summed E-state index contributed by atoms with van der Waals surface area (Å²) in [6.45, 7) is 4.00. The monoisotopic (exact) mass is 418 g/mol. The molecule has 0 heterocycles. The highest BCUT2D eigenvalue weighted by Crippen LogP contribution is 2.19. The van der Waals surface area contributed by atoms with Crippen LogP contribution in [-0.4, -0.2) is 17.6 Å². The summed E-state index contributed by atoms with van der Waals surface area (Å²) in [5.74, 6) is 0.759. The van der Waals surface area contributed by atoms with E-state index in [9.17, 15) is 9.59 Å². The summed E-state index contributed by atoms with van der Waals surface area (Å²) in [7, 11) is 0. The van der Waals surface area contributed by atoms with Crippen molar-refractivity contribution in [3.05, 3.63) is 101 Å². The first-order valence-corrected chi connectivity index (χ1v) is 11.1. The molecule has 3 rings (SSSR count). The molecule has 0 aliphatic heterocycles. The van der Waals surface area contributed by atoms with E-state index in [-0.39, 0.29) is 17.9 Å². The number of benzene rings is 3. The first kappa shape index (κ1) is 21.7. The number of carbonyl (C=O) groups excluding carboxylic acids is 2. The minimum Gasteiger partial charge on any atom is -0.345 e. The summed E-state index contributed by atoms with van der Waals surface area (Å²) in [6.07, 6.45) is 0. The maximum absolute atomic E-state index is 12.8. The summed E-state index contributed by atoms with van der Waals surface area (Å²) in [5.41, 5.74) is 4.42. The van der Waals surface area contributed by atoms with Crippen LogP contribution in [0.2, 0.25) is 0 Å². The highest BCUT2D eigenvalue weighted by Gasteiger charge is 2.16. The number of nitrogens with one attached hydrogen (secondary N) is 2. The SMILES string of the molecule is Cc1cccc(CSCC(=O)Nc2ccccc2C(=O)N[C@H](C)c2ccccc2)c1. The maximum Gasteiger partial charge on any atom is 0.253 e. The van der Waals surface area contributed by atoms with E-state index < -0.39 is 0 Å². The minimum absolute atomic E-state index is 0.121. The molecule has 2 amide bonds. The fourth-order valence-corrected chi connectivity index (χ4v) is 3.91. The van der Waals surface area contributed by atoms with Gasteiger partial charge in [-0.2, -0.15) is 0 Å². The fraction of sp³-hybridized carbons (Fsp3) is 0.200. The Morgan fingerprint density at radius 2 is 1.67 bits per heavy atom. The predicted molar refractivity (Wildman–Crippen MR) is 125 cm³/mol. The van der Waals surface area contributed by atoms with Crippen LogP contribution in [0.3, 0.4) is 0 Å². The molecule has 0 saturated heterocycles. The van der Waals surface area contributed by atoms with Gasteiger partial charge in [0.1, 0.15) is 0 Å². The molecule has 154 valence electrons. The average Bonchev–Trinajstić information content (AvgIpc) is 2.74. The normalized spacial score (nSPS) is 11.5. The quantitative estimate of drug-likeness (QED) is 0.518. The highest BCUT2D eigenvalue weighted by molar-refractivity contribution is 7.99. The largest absolute Gasteiger partial charge is 0.345 e. The number of hydrogen-bond acceptors (Lipinski definition) is 3. The van der Waals surface area contributed by atoms with Crippen molar-refractivity contribution in [2.24, 2.45) is 0 Å². The fourth-order valence-electron chi connectivity index (χ4n) is 3.14.